The molecule has 0 saturated heterocycles. The van der Waals surface area contributed by atoms with Crippen molar-refractivity contribution in [3.05, 3.63) is 47.5 Å². The lowest BCUT2D eigenvalue weighted by Crippen LogP contribution is -2.35. The number of ether oxygens (including phenoxy) is 2. The van der Waals surface area contributed by atoms with E-state index in [2.05, 4.69) is 17.6 Å². The molecule has 25 heavy (non-hydrogen) atoms. The van der Waals surface area contributed by atoms with Gasteiger partial charge in [-0.05, 0) is 19.1 Å². The van der Waals surface area contributed by atoms with E-state index in [0.717, 1.165) is 11.1 Å². The molecule has 2 aromatic rings. The van der Waals surface area contributed by atoms with E-state index >= 15 is 0 Å². The zero-order valence-corrected chi connectivity index (χ0v) is 14.9. The molecule has 6 nitrogen and oxygen atoms in total. The summed E-state index contributed by atoms with van der Waals surface area (Å²) in [7, 11) is 3.07. The first-order valence-electron chi connectivity index (χ1n) is 8.20. The van der Waals surface area contributed by atoms with E-state index < -0.39 is 0 Å². The average molecular weight is 346 g/mol. The molecule has 0 aromatic heterocycles. The monoisotopic (exact) mass is 346 g/mol. The molecule has 0 aliphatic heterocycles. The SMILES string of the molecule is COc1cccc(CNC[C@@H](C)NCc2cccc(OC)c2O)c1O. The van der Waals surface area contributed by atoms with Crippen molar-refractivity contribution in [2.75, 3.05) is 20.8 Å². The number of aromatic hydroxyl groups is 2. The molecule has 6 heteroatoms. The summed E-state index contributed by atoms with van der Waals surface area (Å²) < 4.78 is 10.2. The van der Waals surface area contributed by atoms with Gasteiger partial charge in [0, 0.05) is 36.8 Å². The molecule has 0 saturated carbocycles. The number of phenols is 2. The maximum Gasteiger partial charge on any atom is 0.162 e. The quantitative estimate of drug-likeness (QED) is 0.558. The minimum absolute atomic E-state index is 0.166. The second-order valence-electron chi connectivity index (χ2n) is 5.85. The van der Waals surface area contributed by atoms with E-state index in [4.69, 9.17) is 9.47 Å². The van der Waals surface area contributed by atoms with Crippen LogP contribution in [-0.4, -0.2) is 37.0 Å². The molecule has 0 fully saturated rings. The van der Waals surface area contributed by atoms with Crippen molar-refractivity contribution in [3.8, 4) is 23.0 Å². The van der Waals surface area contributed by atoms with Crippen LogP contribution in [0, 0.1) is 0 Å². The van der Waals surface area contributed by atoms with Crippen LogP contribution in [0.1, 0.15) is 18.1 Å². The lowest BCUT2D eigenvalue weighted by molar-refractivity contribution is 0.367. The Hall–Kier alpha value is -2.44. The summed E-state index contributed by atoms with van der Waals surface area (Å²) in [5, 5.41) is 26.8. The number of nitrogens with one attached hydrogen (secondary N) is 2. The summed E-state index contributed by atoms with van der Waals surface area (Å²) in [6.07, 6.45) is 0. The zero-order chi connectivity index (χ0) is 18.2. The van der Waals surface area contributed by atoms with Crippen molar-refractivity contribution in [1.29, 1.82) is 0 Å². The normalized spacial score (nSPS) is 12.0. The highest BCUT2D eigenvalue weighted by molar-refractivity contribution is 5.46. The predicted octanol–water partition coefficient (Wildman–Crippen LogP) is 2.38. The highest BCUT2D eigenvalue weighted by atomic mass is 16.5. The first-order chi connectivity index (χ1) is 12.1. The molecule has 0 amide bonds. The van der Waals surface area contributed by atoms with Crippen LogP contribution < -0.4 is 20.1 Å². The van der Waals surface area contributed by atoms with Gasteiger partial charge in [0.15, 0.2) is 23.0 Å². The van der Waals surface area contributed by atoms with Gasteiger partial charge in [0.1, 0.15) is 0 Å². The number of benzene rings is 2. The third kappa shape index (κ3) is 5.01. The van der Waals surface area contributed by atoms with Gasteiger partial charge < -0.3 is 30.3 Å². The summed E-state index contributed by atoms with van der Waals surface area (Å²) in [6, 6.07) is 11.1. The molecule has 0 unspecified atom stereocenters. The molecular formula is C19H26N2O4. The number of phenolic OH excluding ortho intramolecular Hbond substituents is 2. The van der Waals surface area contributed by atoms with E-state index in [1.165, 1.54) is 14.2 Å². The second-order valence-corrected chi connectivity index (χ2v) is 5.85. The van der Waals surface area contributed by atoms with Crippen LogP contribution in [0.4, 0.5) is 0 Å². The molecule has 0 aliphatic carbocycles. The Bertz CT molecular complexity index is 691. The van der Waals surface area contributed by atoms with Gasteiger partial charge in [-0.2, -0.15) is 0 Å². The van der Waals surface area contributed by atoms with Gasteiger partial charge in [-0.1, -0.05) is 24.3 Å². The van der Waals surface area contributed by atoms with Gasteiger partial charge in [0.05, 0.1) is 14.2 Å². The predicted molar refractivity (Wildman–Crippen MR) is 97.3 cm³/mol. The Labute approximate surface area is 148 Å². The largest absolute Gasteiger partial charge is 0.504 e. The van der Waals surface area contributed by atoms with E-state index in [0.29, 0.717) is 31.1 Å². The Morgan fingerprint density at radius 1 is 0.880 bits per heavy atom. The Kier molecular flexibility index (Phi) is 6.91. The Morgan fingerprint density at radius 3 is 1.92 bits per heavy atom. The summed E-state index contributed by atoms with van der Waals surface area (Å²) in [5.41, 5.74) is 1.58. The van der Waals surface area contributed by atoms with Crippen molar-refractivity contribution in [3.63, 3.8) is 0 Å². The molecule has 0 bridgehead atoms. The fourth-order valence-electron chi connectivity index (χ4n) is 2.53. The maximum atomic E-state index is 10.1. The average Bonchev–Trinajstić information content (AvgIpc) is 2.62. The smallest absolute Gasteiger partial charge is 0.162 e. The van der Waals surface area contributed by atoms with Crippen molar-refractivity contribution >= 4 is 0 Å². The number of rotatable bonds is 9. The summed E-state index contributed by atoms with van der Waals surface area (Å²) >= 11 is 0. The molecule has 1 atom stereocenters. The van der Waals surface area contributed by atoms with Gasteiger partial charge in [0.25, 0.3) is 0 Å². The standard InChI is InChI=1S/C19H26N2O4/c1-13(21-12-15-7-5-9-17(25-3)19(15)23)10-20-11-14-6-4-8-16(24-2)18(14)22/h4-9,13,20-23H,10-12H2,1-3H3/t13-/m1/s1. The topological polar surface area (TPSA) is 83.0 Å². The minimum atomic E-state index is 0.166. The van der Waals surface area contributed by atoms with E-state index in [1.807, 2.05) is 24.3 Å². The van der Waals surface area contributed by atoms with Gasteiger partial charge in [0.2, 0.25) is 0 Å². The van der Waals surface area contributed by atoms with E-state index in [-0.39, 0.29) is 17.5 Å². The number of para-hydroxylation sites is 2. The van der Waals surface area contributed by atoms with Crippen molar-refractivity contribution in [2.24, 2.45) is 0 Å². The first kappa shape index (κ1) is 18.9. The number of hydrogen-bond donors (Lipinski definition) is 4. The first-order valence-corrected chi connectivity index (χ1v) is 8.20. The lowest BCUT2D eigenvalue weighted by atomic mass is 10.1. The number of methoxy groups -OCH3 is 2. The van der Waals surface area contributed by atoms with Crippen LogP contribution in [0.15, 0.2) is 36.4 Å². The highest BCUT2D eigenvalue weighted by Gasteiger charge is 2.10. The van der Waals surface area contributed by atoms with Gasteiger partial charge in [-0.3, -0.25) is 0 Å². The molecule has 0 heterocycles. The third-order valence-corrected chi connectivity index (χ3v) is 4.01. The van der Waals surface area contributed by atoms with Crippen LogP contribution >= 0.6 is 0 Å². The van der Waals surface area contributed by atoms with Gasteiger partial charge >= 0.3 is 0 Å². The van der Waals surface area contributed by atoms with Gasteiger partial charge in [-0.15, -0.1) is 0 Å². The molecular weight excluding hydrogens is 320 g/mol. The fraction of sp³-hybridized carbons (Fsp3) is 0.368. The van der Waals surface area contributed by atoms with Crippen LogP contribution in [0.2, 0.25) is 0 Å². The molecule has 0 radical (unpaired) electrons. The summed E-state index contributed by atoms with van der Waals surface area (Å²) in [6.45, 7) is 3.84. The maximum absolute atomic E-state index is 10.1. The van der Waals surface area contributed by atoms with Crippen LogP contribution in [0.5, 0.6) is 23.0 Å². The van der Waals surface area contributed by atoms with Gasteiger partial charge in [-0.25, -0.2) is 0 Å². The third-order valence-electron chi connectivity index (χ3n) is 4.01. The summed E-state index contributed by atoms with van der Waals surface area (Å²) in [4.78, 5) is 0. The molecule has 4 N–H and O–H groups in total. The van der Waals surface area contributed by atoms with Crippen molar-refractivity contribution < 1.29 is 19.7 Å². The lowest BCUT2D eigenvalue weighted by Gasteiger charge is -2.16. The molecule has 2 aromatic carbocycles. The van der Waals surface area contributed by atoms with Crippen LogP contribution in [0.3, 0.4) is 0 Å². The number of hydrogen-bond acceptors (Lipinski definition) is 6. The van der Waals surface area contributed by atoms with Crippen LogP contribution in [0.25, 0.3) is 0 Å². The molecule has 136 valence electrons. The highest BCUT2D eigenvalue weighted by Crippen LogP contribution is 2.30. The second kappa shape index (κ2) is 9.15. The minimum Gasteiger partial charge on any atom is -0.504 e. The fourth-order valence-corrected chi connectivity index (χ4v) is 2.53. The Balaban J connectivity index is 1.81. The van der Waals surface area contributed by atoms with Crippen molar-refractivity contribution in [2.45, 2.75) is 26.1 Å². The molecule has 2 rings (SSSR count). The molecule has 0 aliphatic rings. The molecule has 0 spiro atoms. The van der Waals surface area contributed by atoms with Crippen molar-refractivity contribution in [1.82, 2.24) is 10.6 Å². The zero-order valence-electron chi connectivity index (χ0n) is 14.9. The van der Waals surface area contributed by atoms with Crippen LogP contribution in [-0.2, 0) is 13.1 Å². The summed E-state index contributed by atoms with van der Waals surface area (Å²) in [5.74, 6) is 1.27. The van der Waals surface area contributed by atoms with E-state index in [9.17, 15) is 10.2 Å². The van der Waals surface area contributed by atoms with E-state index in [1.54, 1.807) is 12.1 Å². The Morgan fingerprint density at radius 2 is 1.40 bits per heavy atom.